The maximum absolute atomic E-state index is 12.2. The SMILES string of the molecule is CCC1C(=O)NCCN1C(=O)C=Cc1ccc(Br)cc1. The molecule has 1 aromatic rings. The van der Waals surface area contributed by atoms with Crippen molar-refractivity contribution < 1.29 is 9.59 Å². The van der Waals surface area contributed by atoms with E-state index in [1.807, 2.05) is 31.2 Å². The molecule has 4 nitrogen and oxygen atoms in total. The van der Waals surface area contributed by atoms with Gasteiger partial charge in [-0.25, -0.2) is 0 Å². The Morgan fingerprint density at radius 3 is 2.80 bits per heavy atom. The van der Waals surface area contributed by atoms with Gasteiger partial charge in [-0.3, -0.25) is 9.59 Å². The van der Waals surface area contributed by atoms with E-state index >= 15 is 0 Å². The lowest BCUT2D eigenvalue weighted by Crippen LogP contribution is -2.56. The molecule has 1 unspecified atom stereocenters. The van der Waals surface area contributed by atoms with Crippen molar-refractivity contribution in [2.75, 3.05) is 13.1 Å². The molecule has 1 N–H and O–H groups in total. The van der Waals surface area contributed by atoms with Crippen LogP contribution in [0.4, 0.5) is 0 Å². The molecule has 1 saturated heterocycles. The number of carbonyl (C=O) groups excluding carboxylic acids is 2. The Morgan fingerprint density at radius 2 is 2.15 bits per heavy atom. The van der Waals surface area contributed by atoms with E-state index in [1.54, 1.807) is 11.0 Å². The zero-order valence-electron chi connectivity index (χ0n) is 11.3. The third-order valence-electron chi connectivity index (χ3n) is 3.29. The van der Waals surface area contributed by atoms with Gasteiger partial charge in [0.2, 0.25) is 11.8 Å². The summed E-state index contributed by atoms with van der Waals surface area (Å²) in [5.41, 5.74) is 0.955. The molecule has 0 aromatic heterocycles. The molecule has 106 valence electrons. The van der Waals surface area contributed by atoms with E-state index in [0.717, 1.165) is 10.0 Å². The van der Waals surface area contributed by atoms with E-state index in [4.69, 9.17) is 0 Å². The minimum atomic E-state index is -0.356. The number of amides is 2. The molecule has 0 bridgehead atoms. The molecule has 1 heterocycles. The van der Waals surface area contributed by atoms with Gasteiger partial charge in [-0.1, -0.05) is 35.0 Å². The summed E-state index contributed by atoms with van der Waals surface area (Å²) in [6, 6.07) is 7.34. The van der Waals surface area contributed by atoms with Gasteiger partial charge in [0, 0.05) is 23.6 Å². The van der Waals surface area contributed by atoms with Crippen molar-refractivity contribution >= 4 is 33.8 Å². The van der Waals surface area contributed by atoms with Crippen LogP contribution >= 0.6 is 15.9 Å². The summed E-state index contributed by atoms with van der Waals surface area (Å²) in [7, 11) is 0. The fraction of sp³-hybridized carbons (Fsp3) is 0.333. The smallest absolute Gasteiger partial charge is 0.247 e. The molecule has 1 aromatic carbocycles. The van der Waals surface area contributed by atoms with Crippen molar-refractivity contribution in [1.82, 2.24) is 10.2 Å². The molecule has 2 amide bonds. The van der Waals surface area contributed by atoms with Gasteiger partial charge in [0.15, 0.2) is 0 Å². The van der Waals surface area contributed by atoms with Gasteiger partial charge in [0.05, 0.1) is 0 Å². The molecule has 1 aliphatic rings. The molecule has 20 heavy (non-hydrogen) atoms. The molecular weight excluding hydrogens is 320 g/mol. The topological polar surface area (TPSA) is 49.4 Å². The fourth-order valence-electron chi connectivity index (χ4n) is 2.22. The van der Waals surface area contributed by atoms with E-state index < -0.39 is 0 Å². The number of rotatable bonds is 3. The number of piperazine rings is 1. The number of benzene rings is 1. The van der Waals surface area contributed by atoms with Crippen LogP contribution in [-0.2, 0) is 9.59 Å². The lowest BCUT2D eigenvalue weighted by molar-refractivity contribution is -0.140. The quantitative estimate of drug-likeness (QED) is 0.860. The van der Waals surface area contributed by atoms with Crippen molar-refractivity contribution in [3.63, 3.8) is 0 Å². The highest BCUT2D eigenvalue weighted by molar-refractivity contribution is 9.10. The van der Waals surface area contributed by atoms with Crippen LogP contribution in [0.5, 0.6) is 0 Å². The molecule has 1 aliphatic heterocycles. The van der Waals surface area contributed by atoms with Crippen LogP contribution in [-0.4, -0.2) is 35.8 Å². The second kappa shape index (κ2) is 6.70. The van der Waals surface area contributed by atoms with Gasteiger partial charge in [-0.05, 0) is 30.2 Å². The Balaban J connectivity index is 2.06. The Kier molecular flexibility index (Phi) is 4.95. The highest BCUT2D eigenvalue weighted by Crippen LogP contribution is 2.13. The van der Waals surface area contributed by atoms with Gasteiger partial charge >= 0.3 is 0 Å². The summed E-state index contributed by atoms with van der Waals surface area (Å²) in [5.74, 6) is -0.182. The third kappa shape index (κ3) is 3.48. The normalized spacial score (nSPS) is 19.2. The largest absolute Gasteiger partial charge is 0.353 e. The summed E-state index contributed by atoms with van der Waals surface area (Å²) in [6.45, 7) is 3.00. The van der Waals surface area contributed by atoms with Crippen LogP contribution in [0.2, 0.25) is 0 Å². The van der Waals surface area contributed by atoms with Gasteiger partial charge in [0.25, 0.3) is 0 Å². The van der Waals surface area contributed by atoms with Gasteiger partial charge < -0.3 is 10.2 Å². The van der Waals surface area contributed by atoms with Crippen LogP contribution in [0, 0.1) is 0 Å². The molecule has 0 saturated carbocycles. The number of hydrogen-bond donors (Lipinski definition) is 1. The van der Waals surface area contributed by atoms with Gasteiger partial charge in [0.1, 0.15) is 6.04 Å². The third-order valence-corrected chi connectivity index (χ3v) is 3.82. The number of halogens is 1. The Morgan fingerprint density at radius 1 is 1.45 bits per heavy atom. The lowest BCUT2D eigenvalue weighted by atomic mass is 10.1. The average molecular weight is 337 g/mol. The molecule has 2 rings (SSSR count). The minimum absolute atomic E-state index is 0.0656. The standard InChI is InChI=1S/C15H17BrN2O2/c1-2-13-15(20)17-9-10-18(13)14(19)8-5-11-3-6-12(16)7-4-11/h3-8,13H,2,9-10H2,1H3,(H,17,20). The minimum Gasteiger partial charge on any atom is -0.353 e. The molecule has 5 heteroatoms. The summed E-state index contributed by atoms with van der Waals surface area (Å²) < 4.78 is 1.000. The molecule has 1 fully saturated rings. The second-order valence-corrected chi connectivity index (χ2v) is 5.55. The summed E-state index contributed by atoms with van der Waals surface area (Å²) >= 11 is 3.37. The molecule has 0 radical (unpaired) electrons. The Bertz CT molecular complexity index is 525. The maximum atomic E-state index is 12.2. The summed E-state index contributed by atoms with van der Waals surface area (Å²) in [6.07, 6.45) is 3.93. The van der Waals surface area contributed by atoms with Crippen LogP contribution < -0.4 is 5.32 Å². The van der Waals surface area contributed by atoms with Crippen LogP contribution in [0.1, 0.15) is 18.9 Å². The van der Waals surface area contributed by atoms with Crippen molar-refractivity contribution in [2.45, 2.75) is 19.4 Å². The highest BCUT2D eigenvalue weighted by Gasteiger charge is 2.30. The average Bonchev–Trinajstić information content (AvgIpc) is 2.46. The van der Waals surface area contributed by atoms with Crippen molar-refractivity contribution in [3.8, 4) is 0 Å². The number of nitrogens with one attached hydrogen (secondary N) is 1. The number of hydrogen-bond acceptors (Lipinski definition) is 2. The maximum Gasteiger partial charge on any atom is 0.247 e. The van der Waals surface area contributed by atoms with Crippen molar-refractivity contribution in [2.24, 2.45) is 0 Å². The fourth-order valence-corrected chi connectivity index (χ4v) is 2.49. The molecular formula is C15H17BrN2O2. The van der Waals surface area contributed by atoms with Gasteiger partial charge in [-0.2, -0.15) is 0 Å². The van der Waals surface area contributed by atoms with Crippen LogP contribution in [0.25, 0.3) is 6.08 Å². The first kappa shape index (κ1) is 14.8. The van der Waals surface area contributed by atoms with E-state index in [0.29, 0.717) is 19.5 Å². The number of nitrogens with zero attached hydrogens (tertiary/aromatic N) is 1. The molecule has 1 atom stereocenters. The predicted molar refractivity (Wildman–Crippen MR) is 82.0 cm³/mol. The van der Waals surface area contributed by atoms with E-state index in [9.17, 15) is 9.59 Å². The summed E-state index contributed by atoms with van der Waals surface area (Å²) in [5, 5.41) is 2.79. The van der Waals surface area contributed by atoms with Crippen LogP contribution in [0.15, 0.2) is 34.8 Å². The van der Waals surface area contributed by atoms with Gasteiger partial charge in [-0.15, -0.1) is 0 Å². The highest BCUT2D eigenvalue weighted by atomic mass is 79.9. The van der Waals surface area contributed by atoms with Crippen molar-refractivity contribution in [3.05, 3.63) is 40.4 Å². The first-order valence-corrected chi connectivity index (χ1v) is 7.43. The summed E-state index contributed by atoms with van der Waals surface area (Å²) in [4.78, 5) is 25.6. The van der Waals surface area contributed by atoms with E-state index in [-0.39, 0.29) is 17.9 Å². The van der Waals surface area contributed by atoms with Crippen LogP contribution in [0.3, 0.4) is 0 Å². The molecule has 0 spiro atoms. The molecule has 0 aliphatic carbocycles. The predicted octanol–water partition coefficient (Wildman–Crippen LogP) is 2.20. The van der Waals surface area contributed by atoms with E-state index in [1.165, 1.54) is 6.08 Å². The zero-order valence-corrected chi connectivity index (χ0v) is 12.9. The second-order valence-electron chi connectivity index (χ2n) is 4.63. The number of carbonyl (C=O) groups is 2. The first-order valence-electron chi connectivity index (χ1n) is 6.63. The Hall–Kier alpha value is -1.62. The van der Waals surface area contributed by atoms with Crippen molar-refractivity contribution in [1.29, 1.82) is 0 Å². The first-order chi connectivity index (χ1) is 9.61. The lowest BCUT2D eigenvalue weighted by Gasteiger charge is -2.33. The van der Waals surface area contributed by atoms with E-state index in [2.05, 4.69) is 21.2 Å². The zero-order chi connectivity index (χ0) is 14.5. The Labute approximate surface area is 127 Å². The monoisotopic (exact) mass is 336 g/mol.